The number of aromatic nitrogens is 2. The number of H-pyrrole nitrogens is 1. The molecule has 4 rings (SSSR count). The average molecular weight is 347 g/mol. The minimum Gasteiger partial charge on any atom is -0.330 e. The lowest BCUT2D eigenvalue weighted by atomic mass is 9.99. The molecule has 2 aliphatic heterocycles. The van der Waals surface area contributed by atoms with E-state index in [1.807, 2.05) is 4.90 Å². The van der Waals surface area contributed by atoms with Gasteiger partial charge in [-0.1, -0.05) is 24.3 Å². The van der Waals surface area contributed by atoms with Crippen LogP contribution in [0.25, 0.3) is 0 Å². The first-order chi connectivity index (χ1) is 11.3. The number of nitrogens with one attached hydrogen (secondary N) is 2. The molecule has 1 unspecified atom stereocenters. The number of aryl methyl sites for hydroxylation is 1. The Balaban J connectivity index is 0.00000169. The van der Waals surface area contributed by atoms with Crippen LogP contribution in [0.5, 0.6) is 0 Å². The summed E-state index contributed by atoms with van der Waals surface area (Å²) in [6.07, 6.45) is 2.99. The van der Waals surface area contributed by atoms with Crippen LogP contribution in [0.15, 0.2) is 24.3 Å². The third kappa shape index (κ3) is 2.82. The van der Waals surface area contributed by atoms with Gasteiger partial charge < -0.3 is 10.2 Å². The first-order valence-corrected chi connectivity index (χ1v) is 8.39. The number of fused-ring (bicyclic) bond motifs is 1. The summed E-state index contributed by atoms with van der Waals surface area (Å²) in [6, 6.07) is 8.55. The first-order valence-electron chi connectivity index (χ1n) is 8.39. The van der Waals surface area contributed by atoms with Gasteiger partial charge in [0.15, 0.2) is 5.69 Å². The monoisotopic (exact) mass is 346 g/mol. The third-order valence-electron chi connectivity index (χ3n) is 5.07. The molecule has 0 bridgehead atoms. The molecule has 0 saturated carbocycles. The molecular formula is C18H23ClN4O. The molecule has 2 aromatic rings. The molecule has 1 aromatic heterocycles. The summed E-state index contributed by atoms with van der Waals surface area (Å²) in [5.74, 6) is 0.0666. The Bertz CT molecular complexity index is 742. The van der Waals surface area contributed by atoms with Crippen molar-refractivity contribution < 1.29 is 4.79 Å². The SMILES string of the molecule is Cc1ccccc1C1CCCN1C(=O)c1n[nH]c2c1CNCC2.Cl. The van der Waals surface area contributed by atoms with Crippen molar-refractivity contribution in [3.05, 3.63) is 52.3 Å². The molecule has 1 amide bonds. The number of carbonyl (C=O) groups excluding carboxylic acids is 1. The van der Waals surface area contributed by atoms with Gasteiger partial charge in [-0.15, -0.1) is 12.4 Å². The second kappa shape index (κ2) is 6.95. The molecule has 0 aliphatic carbocycles. The van der Waals surface area contributed by atoms with E-state index < -0.39 is 0 Å². The van der Waals surface area contributed by atoms with Crippen LogP contribution in [-0.4, -0.2) is 34.1 Å². The molecule has 128 valence electrons. The summed E-state index contributed by atoms with van der Waals surface area (Å²) in [5.41, 5.74) is 5.28. The van der Waals surface area contributed by atoms with Crippen LogP contribution in [0.2, 0.25) is 0 Å². The zero-order valence-corrected chi connectivity index (χ0v) is 14.7. The van der Waals surface area contributed by atoms with E-state index in [9.17, 15) is 4.79 Å². The average Bonchev–Trinajstić information content (AvgIpc) is 3.22. The van der Waals surface area contributed by atoms with Crippen LogP contribution >= 0.6 is 12.4 Å². The fourth-order valence-electron chi connectivity index (χ4n) is 3.83. The highest BCUT2D eigenvalue weighted by atomic mass is 35.5. The second-order valence-electron chi connectivity index (χ2n) is 6.47. The molecule has 0 spiro atoms. The topological polar surface area (TPSA) is 61.0 Å². The van der Waals surface area contributed by atoms with E-state index in [-0.39, 0.29) is 24.4 Å². The normalized spacial score (nSPS) is 19.7. The number of nitrogens with zero attached hydrogens (tertiary/aromatic N) is 2. The number of hydrogen-bond acceptors (Lipinski definition) is 3. The molecular weight excluding hydrogens is 324 g/mol. The van der Waals surface area contributed by atoms with Crippen molar-refractivity contribution in [3.63, 3.8) is 0 Å². The van der Waals surface area contributed by atoms with Gasteiger partial charge in [-0.3, -0.25) is 9.89 Å². The predicted octanol–water partition coefficient (Wildman–Crippen LogP) is 2.76. The van der Waals surface area contributed by atoms with E-state index in [2.05, 4.69) is 46.7 Å². The molecule has 6 heteroatoms. The molecule has 24 heavy (non-hydrogen) atoms. The highest BCUT2D eigenvalue weighted by Gasteiger charge is 2.34. The van der Waals surface area contributed by atoms with Crippen LogP contribution in [0.1, 0.15) is 51.8 Å². The van der Waals surface area contributed by atoms with Crippen LogP contribution in [0.3, 0.4) is 0 Å². The summed E-state index contributed by atoms with van der Waals surface area (Å²) >= 11 is 0. The van der Waals surface area contributed by atoms with E-state index in [0.717, 1.165) is 50.2 Å². The van der Waals surface area contributed by atoms with Gasteiger partial charge in [0.2, 0.25) is 0 Å². The van der Waals surface area contributed by atoms with E-state index in [1.165, 1.54) is 11.1 Å². The van der Waals surface area contributed by atoms with Crippen molar-refractivity contribution in [2.75, 3.05) is 13.1 Å². The summed E-state index contributed by atoms with van der Waals surface area (Å²) in [7, 11) is 0. The van der Waals surface area contributed by atoms with Gasteiger partial charge in [0.25, 0.3) is 5.91 Å². The van der Waals surface area contributed by atoms with Gasteiger partial charge in [-0.05, 0) is 30.9 Å². The molecule has 2 aliphatic rings. The summed E-state index contributed by atoms with van der Waals surface area (Å²) < 4.78 is 0. The molecule has 2 N–H and O–H groups in total. The lowest BCUT2D eigenvalue weighted by Gasteiger charge is -2.26. The van der Waals surface area contributed by atoms with Gasteiger partial charge in [0.1, 0.15) is 0 Å². The molecule has 3 heterocycles. The second-order valence-corrected chi connectivity index (χ2v) is 6.47. The van der Waals surface area contributed by atoms with Crippen molar-refractivity contribution in [1.29, 1.82) is 0 Å². The lowest BCUT2D eigenvalue weighted by Crippen LogP contribution is -2.33. The third-order valence-corrected chi connectivity index (χ3v) is 5.07. The Hall–Kier alpha value is -1.85. The number of rotatable bonds is 2. The zero-order chi connectivity index (χ0) is 15.8. The van der Waals surface area contributed by atoms with Gasteiger partial charge in [-0.25, -0.2) is 0 Å². The van der Waals surface area contributed by atoms with Crippen molar-refractivity contribution in [2.45, 2.75) is 38.8 Å². The molecule has 1 atom stereocenters. The lowest BCUT2D eigenvalue weighted by molar-refractivity contribution is 0.0728. The highest BCUT2D eigenvalue weighted by molar-refractivity contribution is 5.94. The van der Waals surface area contributed by atoms with Gasteiger partial charge in [0.05, 0.1) is 6.04 Å². The molecule has 1 fully saturated rings. The number of halogens is 1. The number of aromatic amines is 1. The minimum atomic E-state index is 0. The summed E-state index contributed by atoms with van der Waals surface area (Å²) in [4.78, 5) is 15.1. The number of hydrogen-bond donors (Lipinski definition) is 2. The fourth-order valence-corrected chi connectivity index (χ4v) is 3.83. The molecule has 1 aromatic carbocycles. The highest BCUT2D eigenvalue weighted by Crippen LogP contribution is 2.35. The van der Waals surface area contributed by atoms with Crippen molar-refractivity contribution in [3.8, 4) is 0 Å². The van der Waals surface area contributed by atoms with Crippen molar-refractivity contribution >= 4 is 18.3 Å². The van der Waals surface area contributed by atoms with E-state index in [1.54, 1.807) is 0 Å². The van der Waals surface area contributed by atoms with Crippen LogP contribution in [0.4, 0.5) is 0 Å². The maximum absolute atomic E-state index is 13.1. The van der Waals surface area contributed by atoms with E-state index in [4.69, 9.17) is 0 Å². The van der Waals surface area contributed by atoms with E-state index in [0.29, 0.717) is 5.69 Å². The smallest absolute Gasteiger partial charge is 0.275 e. The Morgan fingerprint density at radius 2 is 2.17 bits per heavy atom. The summed E-state index contributed by atoms with van der Waals surface area (Å²) in [5, 5.41) is 10.7. The van der Waals surface area contributed by atoms with Crippen molar-refractivity contribution in [2.24, 2.45) is 0 Å². The number of carbonyl (C=O) groups is 1. The molecule has 5 nitrogen and oxygen atoms in total. The summed E-state index contributed by atoms with van der Waals surface area (Å²) in [6.45, 7) is 4.61. The predicted molar refractivity (Wildman–Crippen MR) is 95.4 cm³/mol. The largest absolute Gasteiger partial charge is 0.330 e. The maximum atomic E-state index is 13.1. The molecule has 0 radical (unpaired) electrons. The standard InChI is InChI=1S/C18H22N4O.ClH/c1-12-5-2-3-6-13(12)16-7-4-10-22(16)18(23)17-14-11-19-9-8-15(14)20-21-17;/h2-3,5-6,16,19H,4,7-11H2,1H3,(H,20,21);1H. The zero-order valence-electron chi connectivity index (χ0n) is 13.8. The fraction of sp³-hybridized carbons (Fsp3) is 0.444. The Morgan fingerprint density at radius 3 is 3.00 bits per heavy atom. The number of benzene rings is 1. The quantitative estimate of drug-likeness (QED) is 0.879. The van der Waals surface area contributed by atoms with Crippen LogP contribution < -0.4 is 5.32 Å². The number of amides is 1. The van der Waals surface area contributed by atoms with Gasteiger partial charge in [0, 0.05) is 37.3 Å². The Kier molecular flexibility index (Phi) is 4.92. The maximum Gasteiger partial charge on any atom is 0.275 e. The van der Waals surface area contributed by atoms with Crippen LogP contribution in [0, 0.1) is 6.92 Å². The number of likely N-dealkylation sites (tertiary alicyclic amines) is 1. The Labute approximate surface area is 148 Å². The van der Waals surface area contributed by atoms with Crippen LogP contribution in [-0.2, 0) is 13.0 Å². The molecule has 1 saturated heterocycles. The van der Waals surface area contributed by atoms with E-state index >= 15 is 0 Å². The van der Waals surface area contributed by atoms with Gasteiger partial charge >= 0.3 is 0 Å². The first kappa shape index (κ1) is 17.0. The van der Waals surface area contributed by atoms with Gasteiger partial charge in [-0.2, -0.15) is 5.10 Å². The minimum absolute atomic E-state index is 0. The van der Waals surface area contributed by atoms with Crippen molar-refractivity contribution in [1.82, 2.24) is 20.4 Å². The Morgan fingerprint density at radius 1 is 1.33 bits per heavy atom.